The van der Waals surface area contributed by atoms with Crippen molar-refractivity contribution in [3.05, 3.63) is 5.82 Å². The molecule has 120 valence electrons. The van der Waals surface area contributed by atoms with Crippen molar-refractivity contribution in [2.45, 2.75) is 39.0 Å². The van der Waals surface area contributed by atoms with Crippen molar-refractivity contribution in [3.63, 3.8) is 0 Å². The third kappa shape index (κ3) is 4.13. The quantitative estimate of drug-likeness (QED) is 0.752. The number of alkyl halides is 1. The molecule has 0 spiro atoms. The van der Waals surface area contributed by atoms with Crippen LogP contribution < -0.4 is 4.90 Å². The first-order valence-electron chi connectivity index (χ1n) is 6.90. The van der Waals surface area contributed by atoms with E-state index in [0.29, 0.717) is 31.2 Å². The van der Waals surface area contributed by atoms with Gasteiger partial charge in [-0.1, -0.05) is 12.1 Å². The van der Waals surface area contributed by atoms with Crippen LogP contribution in [0, 0.1) is 5.92 Å². The van der Waals surface area contributed by atoms with Crippen molar-refractivity contribution in [2.24, 2.45) is 5.92 Å². The van der Waals surface area contributed by atoms with Gasteiger partial charge in [-0.05, 0) is 13.3 Å². The molecule has 1 aliphatic heterocycles. The molecule has 0 bridgehead atoms. The lowest BCUT2D eigenvalue weighted by atomic mass is 9.90. The number of hydrogen-bond donors (Lipinski definition) is 0. The molecular formula is C12H20FN3O4S. The van der Waals surface area contributed by atoms with E-state index in [0.717, 1.165) is 6.26 Å². The molecule has 2 rings (SSSR count). The van der Waals surface area contributed by atoms with Crippen molar-refractivity contribution < 1.29 is 21.5 Å². The van der Waals surface area contributed by atoms with Crippen LogP contribution in [0.4, 0.5) is 10.4 Å². The highest BCUT2D eigenvalue weighted by Crippen LogP contribution is 2.28. The maximum Gasteiger partial charge on any atom is 0.324 e. The molecule has 0 saturated carbocycles. The fraction of sp³-hybridized carbons (Fsp3) is 0.833. The Morgan fingerprint density at radius 3 is 2.81 bits per heavy atom. The third-order valence-corrected chi connectivity index (χ3v) is 4.22. The number of anilines is 1. The molecule has 0 amide bonds. The van der Waals surface area contributed by atoms with E-state index in [4.69, 9.17) is 8.71 Å². The molecule has 21 heavy (non-hydrogen) atoms. The second-order valence-corrected chi connectivity index (χ2v) is 6.87. The highest BCUT2D eigenvalue weighted by molar-refractivity contribution is 7.86. The summed E-state index contributed by atoms with van der Waals surface area (Å²) in [7, 11) is -3.58. The Labute approximate surface area is 123 Å². The predicted octanol–water partition coefficient (Wildman–Crippen LogP) is 1.16. The smallest absolute Gasteiger partial charge is 0.321 e. The Bertz CT molecular complexity index is 577. The predicted molar refractivity (Wildman–Crippen MR) is 74.3 cm³/mol. The van der Waals surface area contributed by atoms with Gasteiger partial charge in [-0.15, -0.1) is 0 Å². The Morgan fingerprint density at radius 2 is 2.29 bits per heavy atom. The Hall–Kier alpha value is -1.22. The molecule has 0 aromatic carbocycles. The van der Waals surface area contributed by atoms with Crippen LogP contribution in [-0.4, -0.2) is 50.2 Å². The minimum atomic E-state index is -3.58. The summed E-state index contributed by atoms with van der Waals surface area (Å²) in [6.07, 6.45) is 0.176. The lowest BCUT2D eigenvalue weighted by molar-refractivity contribution is 0.0759. The van der Waals surface area contributed by atoms with E-state index in [9.17, 15) is 12.8 Å². The molecule has 9 heteroatoms. The van der Waals surface area contributed by atoms with Gasteiger partial charge >= 0.3 is 6.01 Å². The first-order valence-corrected chi connectivity index (χ1v) is 8.71. The summed E-state index contributed by atoms with van der Waals surface area (Å²) < 4.78 is 46.5. The molecule has 3 atom stereocenters. The van der Waals surface area contributed by atoms with E-state index in [2.05, 4.69) is 10.1 Å². The van der Waals surface area contributed by atoms with Gasteiger partial charge < -0.3 is 9.42 Å². The Balaban J connectivity index is 1.98. The molecule has 1 aromatic heterocycles. The number of piperidine rings is 1. The van der Waals surface area contributed by atoms with Gasteiger partial charge in [0.25, 0.3) is 10.1 Å². The SMILES string of the molecule is CCc1noc(N2CC[C@@H](C(C)OS(C)(=O)=O)[C@@H](F)C2)n1. The summed E-state index contributed by atoms with van der Waals surface area (Å²) in [6.45, 7) is 4.10. The molecule has 2 heterocycles. The molecule has 0 radical (unpaired) electrons. The van der Waals surface area contributed by atoms with Crippen molar-refractivity contribution in [1.29, 1.82) is 0 Å². The topological polar surface area (TPSA) is 85.5 Å². The van der Waals surface area contributed by atoms with Gasteiger partial charge in [-0.3, -0.25) is 4.18 Å². The van der Waals surface area contributed by atoms with Crippen molar-refractivity contribution in [1.82, 2.24) is 10.1 Å². The minimum Gasteiger partial charge on any atom is -0.321 e. The van der Waals surface area contributed by atoms with Gasteiger partial charge in [0.05, 0.1) is 18.9 Å². The van der Waals surface area contributed by atoms with Crippen LogP contribution in [0.15, 0.2) is 4.52 Å². The van der Waals surface area contributed by atoms with E-state index in [1.165, 1.54) is 0 Å². The van der Waals surface area contributed by atoms with E-state index in [-0.39, 0.29) is 6.54 Å². The number of aryl methyl sites for hydroxylation is 1. The summed E-state index contributed by atoms with van der Waals surface area (Å²) in [5, 5.41) is 3.78. The highest BCUT2D eigenvalue weighted by atomic mass is 32.2. The monoisotopic (exact) mass is 321 g/mol. The largest absolute Gasteiger partial charge is 0.324 e. The van der Waals surface area contributed by atoms with Crippen molar-refractivity contribution in [3.8, 4) is 0 Å². The molecular weight excluding hydrogens is 301 g/mol. The van der Waals surface area contributed by atoms with Gasteiger partial charge in [0.1, 0.15) is 6.17 Å². The van der Waals surface area contributed by atoms with E-state index in [1.54, 1.807) is 11.8 Å². The zero-order valence-electron chi connectivity index (χ0n) is 12.3. The number of hydrogen-bond acceptors (Lipinski definition) is 7. The van der Waals surface area contributed by atoms with E-state index in [1.807, 2.05) is 6.92 Å². The van der Waals surface area contributed by atoms with Gasteiger partial charge in [0.2, 0.25) is 0 Å². The fourth-order valence-corrected chi connectivity index (χ4v) is 3.18. The first kappa shape index (κ1) is 16.2. The highest BCUT2D eigenvalue weighted by Gasteiger charge is 2.36. The Kier molecular flexibility index (Phi) is 4.82. The molecule has 0 N–H and O–H groups in total. The van der Waals surface area contributed by atoms with Gasteiger partial charge in [-0.25, -0.2) is 4.39 Å². The summed E-state index contributed by atoms with van der Waals surface area (Å²) in [4.78, 5) is 5.85. The van der Waals surface area contributed by atoms with Crippen molar-refractivity contribution in [2.75, 3.05) is 24.2 Å². The van der Waals surface area contributed by atoms with Crippen molar-refractivity contribution >= 4 is 16.1 Å². The van der Waals surface area contributed by atoms with E-state index < -0.39 is 28.3 Å². The molecule has 1 unspecified atom stereocenters. The average Bonchev–Trinajstić information content (AvgIpc) is 2.85. The normalized spacial score (nSPS) is 25.0. The molecule has 7 nitrogen and oxygen atoms in total. The third-order valence-electron chi connectivity index (χ3n) is 3.57. The lowest BCUT2D eigenvalue weighted by Gasteiger charge is -2.35. The van der Waals surface area contributed by atoms with Crippen LogP contribution in [0.1, 0.15) is 26.1 Å². The summed E-state index contributed by atoms with van der Waals surface area (Å²) in [5.74, 6) is 0.112. The summed E-state index contributed by atoms with van der Waals surface area (Å²) in [6, 6.07) is 0.310. The standard InChI is InChI=1S/C12H20FN3O4S/c1-4-11-14-12(19-15-11)16-6-5-9(10(13)7-16)8(2)20-21(3,17)18/h8-10H,4-7H2,1-3H3/t8?,9-,10-/m0/s1. The number of aromatic nitrogens is 2. The van der Waals surface area contributed by atoms with E-state index >= 15 is 0 Å². The maximum absolute atomic E-state index is 14.3. The summed E-state index contributed by atoms with van der Waals surface area (Å²) in [5.41, 5.74) is 0. The second-order valence-electron chi connectivity index (χ2n) is 5.27. The van der Waals surface area contributed by atoms with Crippen LogP contribution in [-0.2, 0) is 20.7 Å². The maximum atomic E-state index is 14.3. The average molecular weight is 321 g/mol. The zero-order chi connectivity index (χ0) is 15.6. The molecule has 1 aliphatic rings. The number of nitrogens with zero attached hydrogens (tertiary/aromatic N) is 3. The first-order chi connectivity index (χ1) is 9.80. The van der Waals surface area contributed by atoms with Crippen LogP contribution in [0.25, 0.3) is 0 Å². The molecule has 1 saturated heterocycles. The van der Waals surface area contributed by atoms with Crippen LogP contribution >= 0.6 is 0 Å². The zero-order valence-corrected chi connectivity index (χ0v) is 13.1. The summed E-state index contributed by atoms with van der Waals surface area (Å²) >= 11 is 0. The van der Waals surface area contributed by atoms with Gasteiger partial charge in [0, 0.05) is 18.9 Å². The second kappa shape index (κ2) is 6.27. The van der Waals surface area contributed by atoms with Crippen LogP contribution in [0.2, 0.25) is 0 Å². The van der Waals surface area contributed by atoms with Gasteiger partial charge in [-0.2, -0.15) is 13.4 Å². The molecule has 1 fully saturated rings. The van der Waals surface area contributed by atoms with Crippen LogP contribution in [0.3, 0.4) is 0 Å². The van der Waals surface area contributed by atoms with Gasteiger partial charge in [0.15, 0.2) is 5.82 Å². The Morgan fingerprint density at radius 1 is 1.57 bits per heavy atom. The number of rotatable bonds is 5. The van der Waals surface area contributed by atoms with Crippen LogP contribution in [0.5, 0.6) is 0 Å². The fourth-order valence-electron chi connectivity index (χ4n) is 2.49. The molecule has 1 aromatic rings. The number of halogens is 1. The molecule has 0 aliphatic carbocycles. The minimum absolute atomic E-state index is 0.0908. The lowest BCUT2D eigenvalue weighted by Crippen LogP contribution is -2.46.